The topological polar surface area (TPSA) is 25.2 Å². The minimum absolute atomic E-state index is 0.259. The summed E-state index contributed by atoms with van der Waals surface area (Å²) in [6.07, 6.45) is 0. The Morgan fingerprint density at radius 1 is 1.31 bits per heavy atom. The van der Waals surface area contributed by atoms with Crippen molar-refractivity contribution in [2.24, 2.45) is 0 Å². The van der Waals surface area contributed by atoms with Crippen LogP contribution in [-0.4, -0.2) is 0 Å². The van der Waals surface area contributed by atoms with E-state index in [0.29, 0.717) is 0 Å². The van der Waals surface area contributed by atoms with E-state index in [4.69, 9.17) is 4.42 Å². The maximum absolute atomic E-state index is 5.59. The molecule has 0 fully saturated rings. The normalized spacial score (nSPS) is 12.9. The number of furan rings is 1. The molecule has 2 aromatic heterocycles. The highest BCUT2D eigenvalue weighted by Gasteiger charge is 2.09. The van der Waals surface area contributed by atoms with E-state index in [1.807, 2.05) is 19.1 Å². The molecule has 86 valence electrons. The lowest BCUT2D eigenvalue weighted by Gasteiger charge is -2.10. The molecule has 2 rings (SSSR count). The highest BCUT2D eigenvalue weighted by molar-refractivity contribution is 7.10. The molecule has 0 saturated carbocycles. The van der Waals surface area contributed by atoms with Crippen molar-refractivity contribution in [2.75, 3.05) is 0 Å². The summed E-state index contributed by atoms with van der Waals surface area (Å²) in [5.41, 5.74) is 1.36. The molecule has 0 bridgehead atoms. The Balaban J connectivity index is 1.93. The Labute approximate surface area is 100 Å². The van der Waals surface area contributed by atoms with Crippen molar-refractivity contribution in [1.82, 2.24) is 5.32 Å². The van der Waals surface area contributed by atoms with Gasteiger partial charge in [-0.05, 0) is 49.9 Å². The third kappa shape index (κ3) is 2.54. The van der Waals surface area contributed by atoms with Crippen LogP contribution in [0, 0.1) is 13.8 Å². The summed E-state index contributed by atoms with van der Waals surface area (Å²) in [6, 6.07) is 6.46. The maximum Gasteiger partial charge on any atom is 0.120 e. The summed E-state index contributed by atoms with van der Waals surface area (Å²) in [5, 5.41) is 5.61. The van der Waals surface area contributed by atoms with Gasteiger partial charge < -0.3 is 9.73 Å². The molecule has 1 atom stereocenters. The molecule has 2 aromatic rings. The van der Waals surface area contributed by atoms with Crippen molar-refractivity contribution in [3.63, 3.8) is 0 Å². The summed E-state index contributed by atoms with van der Waals surface area (Å²) >= 11 is 1.80. The van der Waals surface area contributed by atoms with Gasteiger partial charge in [0.15, 0.2) is 0 Å². The van der Waals surface area contributed by atoms with Gasteiger partial charge >= 0.3 is 0 Å². The lowest BCUT2D eigenvalue weighted by atomic mass is 10.2. The number of hydrogen-bond donors (Lipinski definition) is 1. The van der Waals surface area contributed by atoms with Crippen molar-refractivity contribution >= 4 is 11.3 Å². The van der Waals surface area contributed by atoms with Crippen LogP contribution in [0.15, 0.2) is 28.0 Å². The van der Waals surface area contributed by atoms with Crippen LogP contribution < -0.4 is 5.32 Å². The number of rotatable bonds is 4. The van der Waals surface area contributed by atoms with E-state index in [-0.39, 0.29) is 6.04 Å². The van der Waals surface area contributed by atoms with Gasteiger partial charge in [-0.3, -0.25) is 0 Å². The molecule has 0 aromatic carbocycles. The minimum Gasteiger partial charge on any atom is -0.465 e. The SMILES string of the molecule is Cc1ccc(C(C)NCc2sccc2C)o1. The molecule has 0 saturated heterocycles. The van der Waals surface area contributed by atoms with E-state index in [1.54, 1.807) is 11.3 Å². The van der Waals surface area contributed by atoms with Crippen LogP contribution in [0.5, 0.6) is 0 Å². The monoisotopic (exact) mass is 235 g/mol. The van der Waals surface area contributed by atoms with Crippen molar-refractivity contribution in [3.8, 4) is 0 Å². The van der Waals surface area contributed by atoms with E-state index < -0.39 is 0 Å². The molecule has 0 aliphatic rings. The van der Waals surface area contributed by atoms with Crippen LogP contribution >= 0.6 is 11.3 Å². The maximum atomic E-state index is 5.59. The zero-order chi connectivity index (χ0) is 11.5. The molecule has 0 aliphatic heterocycles. The van der Waals surface area contributed by atoms with E-state index in [0.717, 1.165) is 18.1 Å². The lowest BCUT2D eigenvalue weighted by Crippen LogP contribution is -2.17. The van der Waals surface area contributed by atoms with Gasteiger partial charge in [0.2, 0.25) is 0 Å². The summed E-state index contributed by atoms with van der Waals surface area (Å²) in [6.45, 7) is 7.15. The van der Waals surface area contributed by atoms with Crippen LogP contribution in [0.2, 0.25) is 0 Å². The quantitative estimate of drug-likeness (QED) is 0.871. The highest BCUT2D eigenvalue weighted by atomic mass is 32.1. The first-order valence-electron chi connectivity index (χ1n) is 5.49. The minimum atomic E-state index is 0.259. The Morgan fingerprint density at radius 3 is 2.69 bits per heavy atom. The molecular weight excluding hydrogens is 218 g/mol. The molecule has 1 N–H and O–H groups in total. The second-order valence-corrected chi connectivity index (χ2v) is 5.08. The van der Waals surface area contributed by atoms with Gasteiger partial charge in [0.25, 0.3) is 0 Å². The average Bonchev–Trinajstić information content (AvgIpc) is 2.84. The number of thiophene rings is 1. The Bertz CT molecular complexity index is 458. The molecule has 2 nitrogen and oxygen atoms in total. The van der Waals surface area contributed by atoms with E-state index in [9.17, 15) is 0 Å². The molecule has 1 unspecified atom stereocenters. The first-order valence-corrected chi connectivity index (χ1v) is 6.37. The summed E-state index contributed by atoms with van der Waals surface area (Å²) in [5.74, 6) is 1.97. The second kappa shape index (κ2) is 4.85. The van der Waals surface area contributed by atoms with Crippen LogP contribution in [0.3, 0.4) is 0 Å². The van der Waals surface area contributed by atoms with Crippen molar-refractivity contribution < 1.29 is 4.42 Å². The predicted octanol–water partition coefficient (Wildman–Crippen LogP) is 3.81. The largest absolute Gasteiger partial charge is 0.465 e. The van der Waals surface area contributed by atoms with Crippen LogP contribution in [0.25, 0.3) is 0 Å². The average molecular weight is 235 g/mol. The highest BCUT2D eigenvalue weighted by Crippen LogP contribution is 2.19. The van der Waals surface area contributed by atoms with Gasteiger partial charge in [-0.25, -0.2) is 0 Å². The Hall–Kier alpha value is -1.06. The van der Waals surface area contributed by atoms with E-state index in [1.165, 1.54) is 10.4 Å². The van der Waals surface area contributed by atoms with E-state index in [2.05, 4.69) is 30.6 Å². The Kier molecular flexibility index (Phi) is 3.46. The third-order valence-electron chi connectivity index (χ3n) is 2.72. The van der Waals surface area contributed by atoms with Crippen LogP contribution in [0.1, 0.15) is 34.9 Å². The fourth-order valence-electron chi connectivity index (χ4n) is 1.62. The van der Waals surface area contributed by atoms with E-state index >= 15 is 0 Å². The summed E-state index contributed by atoms with van der Waals surface area (Å²) in [4.78, 5) is 1.40. The molecular formula is C13H17NOS. The summed E-state index contributed by atoms with van der Waals surface area (Å²) < 4.78 is 5.59. The number of hydrogen-bond acceptors (Lipinski definition) is 3. The number of aryl methyl sites for hydroxylation is 2. The molecule has 3 heteroatoms. The molecule has 2 heterocycles. The predicted molar refractivity (Wildman–Crippen MR) is 67.8 cm³/mol. The van der Waals surface area contributed by atoms with Gasteiger partial charge in [-0.2, -0.15) is 0 Å². The molecule has 0 amide bonds. The molecule has 0 aliphatic carbocycles. The third-order valence-corrected chi connectivity index (χ3v) is 3.75. The van der Waals surface area contributed by atoms with Gasteiger partial charge in [0.1, 0.15) is 11.5 Å². The molecule has 0 radical (unpaired) electrons. The second-order valence-electron chi connectivity index (χ2n) is 4.08. The van der Waals surface area contributed by atoms with Gasteiger partial charge in [-0.15, -0.1) is 11.3 Å². The zero-order valence-electron chi connectivity index (χ0n) is 9.91. The summed E-state index contributed by atoms with van der Waals surface area (Å²) in [7, 11) is 0. The first-order chi connectivity index (χ1) is 7.66. The molecule has 0 spiro atoms. The fraction of sp³-hybridized carbons (Fsp3) is 0.385. The van der Waals surface area contributed by atoms with Gasteiger partial charge in [0, 0.05) is 11.4 Å². The van der Waals surface area contributed by atoms with Gasteiger partial charge in [-0.1, -0.05) is 0 Å². The van der Waals surface area contributed by atoms with Crippen molar-refractivity contribution in [3.05, 3.63) is 45.5 Å². The lowest BCUT2D eigenvalue weighted by molar-refractivity contribution is 0.416. The van der Waals surface area contributed by atoms with Crippen molar-refractivity contribution in [2.45, 2.75) is 33.4 Å². The van der Waals surface area contributed by atoms with Gasteiger partial charge in [0.05, 0.1) is 6.04 Å². The zero-order valence-corrected chi connectivity index (χ0v) is 10.7. The standard InChI is InChI=1S/C13H17NOS/c1-9-6-7-16-13(9)8-14-11(3)12-5-4-10(2)15-12/h4-7,11,14H,8H2,1-3H3. The first kappa shape index (κ1) is 11.4. The molecule has 16 heavy (non-hydrogen) atoms. The fourth-order valence-corrected chi connectivity index (χ4v) is 2.47. The Morgan fingerprint density at radius 2 is 2.12 bits per heavy atom. The smallest absolute Gasteiger partial charge is 0.120 e. The van der Waals surface area contributed by atoms with Crippen LogP contribution in [0.4, 0.5) is 0 Å². The van der Waals surface area contributed by atoms with Crippen LogP contribution in [-0.2, 0) is 6.54 Å². The van der Waals surface area contributed by atoms with Crippen molar-refractivity contribution in [1.29, 1.82) is 0 Å². The number of nitrogens with one attached hydrogen (secondary N) is 1.